The molecule has 0 atom stereocenters. The van der Waals surface area contributed by atoms with Crippen LogP contribution in [0.3, 0.4) is 0 Å². The maximum Gasteiger partial charge on any atom is 0.306 e. The van der Waals surface area contributed by atoms with Gasteiger partial charge in [0.05, 0.1) is 30.5 Å². The summed E-state index contributed by atoms with van der Waals surface area (Å²) in [5.74, 6) is 0.481. The zero-order valence-electron chi connectivity index (χ0n) is 17.9. The van der Waals surface area contributed by atoms with Gasteiger partial charge in [0, 0.05) is 18.2 Å². The fraction of sp³-hybridized carbons (Fsp3) is 0.208. The van der Waals surface area contributed by atoms with Gasteiger partial charge in [-0.2, -0.15) is 0 Å². The maximum absolute atomic E-state index is 14.2. The highest BCUT2D eigenvalue weighted by atomic mass is 32.1. The van der Waals surface area contributed by atoms with Crippen LogP contribution < -0.4 is 14.8 Å². The average molecular weight is 468 g/mol. The monoisotopic (exact) mass is 467 g/mol. The van der Waals surface area contributed by atoms with Crippen molar-refractivity contribution in [1.82, 2.24) is 9.97 Å². The number of ether oxygens (including phenoxy) is 2. The number of carbonyl (C=O) groups is 1. The van der Waals surface area contributed by atoms with Crippen molar-refractivity contribution in [1.29, 1.82) is 0 Å². The Bertz CT molecular complexity index is 1280. The van der Waals surface area contributed by atoms with E-state index in [0.29, 0.717) is 40.7 Å². The molecule has 0 radical (unpaired) electrons. The number of halogens is 1. The fourth-order valence-electron chi connectivity index (χ4n) is 3.38. The summed E-state index contributed by atoms with van der Waals surface area (Å²) < 4.78 is 25.8. The summed E-state index contributed by atoms with van der Waals surface area (Å²) in [5.41, 5.74) is 2.41. The maximum atomic E-state index is 14.2. The normalized spacial score (nSPS) is 10.8. The minimum atomic E-state index is -0.927. The predicted octanol–water partition coefficient (Wildman–Crippen LogP) is 5.01. The molecule has 2 aromatic heterocycles. The standard InChI is InChI=1S/C24H22FN3O4S/c1-31-21-12-16(2-3-20(21)32-8-5-23(29)30)19-13-22(28-14-27-19)26-7-4-15-10-17-6-9-33-24(17)18(25)11-15/h2-3,6,9-14H,4-5,7-8H2,1H3,(H,29,30)(H,26,27,28). The molecule has 0 aliphatic carbocycles. The van der Waals surface area contributed by atoms with Gasteiger partial charge in [0.1, 0.15) is 18.0 Å². The summed E-state index contributed by atoms with van der Waals surface area (Å²) in [4.78, 5) is 19.3. The van der Waals surface area contributed by atoms with Crippen molar-refractivity contribution in [3.8, 4) is 22.8 Å². The van der Waals surface area contributed by atoms with E-state index in [1.54, 1.807) is 18.2 Å². The molecular weight excluding hydrogens is 445 g/mol. The van der Waals surface area contributed by atoms with Gasteiger partial charge in [-0.25, -0.2) is 14.4 Å². The molecule has 2 heterocycles. The first kappa shape index (κ1) is 22.5. The Morgan fingerprint density at radius 1 is 1.15 bits per heavy atom. The van der Waals surface area contributed by atoms with Gasteiger partial charge in [-0.1, -0.05) is 6.07 Å². The number of thiophene rings is 1. The number of fused-ring (bicyclic) bond motifs is 1. The number of rotatable bonds is 10. The number of carboxylic acids is 1. The van der Waals surface area contributed by atoms with Crippen LogP contribution in [0, 0.1) is 5.82 Å². The van der Waals surface area contributed by atoms with Crippen LogP contribution in [0.4, 0.5) is 10.2 Å². The predicted molar refractivity (Wildman–Crippen MR) is 126 cm³/mol. The van der Waals surface area contributed by atoms with Gasteiger partial charge in [-0.15, -0.1) is 11.3 Å². The third-order valence-electron chi connectivity index (χ3n) is 4.99. The van der Waals surface area contributed by atoms with Crippen molar-refractivity contribution >= 4 is 33.2 Å². The molecule has 0 saturated carbocycles. The number of nitrogens with one attached hydrogen (secondary N) is 1. The van der Waals surface area contributed by atoms with Gasteiger partial charge in [0.25, 0.3) is 0 Å². The number of benzene rings is 2. The van der Waals surface area contributed by atoms with Gasteiger partial charge in [0.2, 0.25) is 0 Å². The molecule has 0 aliphatic heterocycles. The second-order valence-electron chi connectivity index (χ2n) is 7.24. The van der Waals surface area contributed by atoms with Gasteiger partial charge in [-0.3, -0.25) is 4.79 Å². The number of aliphatic carboxylic acids is 1. The minimum absolute atomic E-state index is 0.0514. The second-order valence-corrected chi connectivity index (χ2v) is 8.16. The van der Waals surface area contributed by atoms with E-state index in [2.05, 4.69) is 15.3 Å². The van der Waals surface area contributed by atoms with Crippen LogP contribution in [0.1, 0.15) is 12.0 Å². The van der Waals surface area contributed by atoms with Crippen LogP contribution in [0.2, 0.25) is 0 Å². The van der Waals surface area contributed by atoms with Crippen molar-refractivity contribution in [2.24, 2.45) is 0 Å². The van der Waals surface area contributed by atoms with Crippen LogP contribution in [0.5, 0.6) is 11.5 Å². The topological polar surface area (TPSA) is 93.6 Å². The molecule has 7 nitrogen and oxygen atoms in total. The molecule has 0 spiro atoms. The van der Waals surface area contributed by atoms with Crippen LogP contribution in [0.15, 0.2) is 54.2 Å². The summed E-state index contributed by atoms with van der Waals surface area (Å²) in [7, 11) is 1.52. The number of nitrogens with zero attached hydrogens (tertiary/aromatic N) is 2. The van der Waals surface area contributed by atoms with E-state index in [9.17, 15) is 9.18 Å². The summed E-state index contributed by atoms with van der Waals surface area (Å²) >= 11 is 1.40. The summed E-state index contributed by atoms with van der Waals surface area (Å²) in [6, 6.07) is 12.7. The van der Waals surface area contributed by atoms with E-state index in [0.717, 1.165) is 16.5 Å². The van der Waals surface area contributed by atoms with E-state index in [4.69, 9.17) is 14.6 Å². The first-order valence-electron chi connectivity index (χ1n) is 10.3. The lowest BCUT2D eigenvalue weighted by Crippen LogP contribution is -2.07. The van der Waals surface area contributed by atoms with Crippen molar-refractivity contribution < 1.29 is 23.8 Å². The van der Waals surface area contributed by atoms with Crippen LogP contribution in [-0.2, 0) is 11.2 Å². The molecule has 0 unspecified atom stereocenters. The summed E-state index contributed by atoms with van der Waals surface area (Å²) in [6.07, 6.45) is 2.02. The largest absolute Gasteiger partial charge is 0.493 e. The van der Waals surface area contributed by atoms with E-state index in [-0.39, 0.29) is 18.8 Å². The van der Waals surface area contributed by atoms with E-state index in [1.807, 2.05) is 29.6 Å². The highest BCUT2D eigenvalue weighted by Gasteiger charge is 2.10. The highest BCUT2D eigenvalue weighted by Crippen LogP contribution is 2.32. The lowest BCUT2D eigenvalue weighted by molar-refractivity contribution is -0.137. The fourth-order valence-corrected chi connectivity index (χ4v) is 4.17. The first-order valence-corrected chi connectivity index (χ1v) is 11.2. The molecule has 0 bridgehead atoms. The van der Waals surface area contributed by atoms with Crippen molar-refractivity contribution in [2.45, 2.75) is 12.8 Å². The van der Waals surface area contributed by atoms with Gasteiger partial charge >= 0.3 is 5.97 Å². The van der Waals surface area contributed by atoms with E-state index in [1.165, 1.54) is 24.8 Å². The lowest BCUT2D eigenvalue weighted by Gasteiger charge is -2.12. The molecule has 33 heavy (non-hydrogen) atoms. The Kier molecular flexibility index (Phi) is 6.99. The molecule has 0 aliphatic rings. The highest BCUT2D eigenvalue weighted by molar-refractivity contribution is 7.17. The molecule has 9 heteroatoms. The number of anilines is 1. The molecular formula is C24H22FN3O4S. The molecule has 2 aromatic carbocycles. The van der Waals surface area contributed by atoms with Crippen LogP contribution >= 0.6 is 11.3 Å². The SMILES string of the molecule is COc1cc(-c2cc(NCCc3cc(F)c4sccc4c3)ncn2)ccc1OCCC(=O)O. The zero-order valence-corrected chi connectivity index (χ0v) is 18.7. The second kappa shape index (κ2) is 10.3. The third-order valence-corrected chi connectivity index (χ3v) is 5.92. The van der Waals surface area contributed by atoms with E-state index < -0.39 is 5.97 Å². The molecule has 170 valence electrons. The molecule has 0 fully saturated rings. The quantitative estimate of drug-likeness (QED) is 0.338. The Labute approximate surface area is 193 Å². The minimum Gasteiger partial charge on any atom is -0.493 e. The smallest absolute Gasteiger partial charge is 0.306 e. The average Bonchev–Trinajstić information content (AvgIpc) is 3.29. The molecule has 0 amide bonds. The Balaban J connectivity index is 1.42. The van der Waals surface area contributed by atoms with Crippen LogP contribution in [-0.4, -0.2) is 41.3 Å². The number of carboxylic acid groups (broad SMARTS) is 1. The number of aromatic nitrogens is 2. The van der Waals surface area contributed by atoms with Gasteiger partial charge in [0.15, 0.2) is 11.5 Å². The molecule has 2 N–H and O–H groups in total. The van der Waals surface area contributed by atoms with Crippen molar-refractivity contribution in [3.05, 3.63) is 65.6 Å². The van der Waals surface area contributed by atoms with Gasteiger partial charge < -0.3 is 19.9 Å². The lowest BCUT2D eigenvalue weighted by atomic mass is 10.1. The van der Waals surface area contributed by atoms with Crippen LogP contribution in [0.25, 0.3) is 21.3 Å². The summed E-state index contributed by atoms with van der Waals surface area (Å²) in [5, 5.41) is 14.8. The number of hydrogen-bond donors (Lipinski definition) is 2. The molecule has 4 aromatic rings. The molecule has 0 saturated heterocycles. The van der Waals surface area contributed by atoms with Gasteiger partial charge in [-0.05, 0) is 53.1 Å². The molecule has 4 rings (SSSR count). The first-order chi connectivity index (χ1) is 16.0. The Hall–Kier alpha value is -3.72. The zero-order chi connectivity index (χ0) is 23.2. The summed E-state index contributed by atoms with van der Waals surface area (Å²) in [6.45, 7) is 0.640. The third kappa shape index (κ3) is 5.56. The van der Waals surface area contributed by atoms with Crippen molar-refractivity contribution in [3.63, 3.8) is 0 Å². The number of methoxy groups -OCH3 is 1. The van der Waals surface area contributed by atoms with E-state index >= 15 is 0 Å². The number of hydrogen-bond acceptors (Lipinski definition) is 7. The Morgan fingerprint density at radius 2 is 2.03 bits per heavy atom. The Morgan fingerprint density at radius 3 is 2.85 bits per heavy atom. The van der Waals surface area contributed by atoms with Crippen molar-refractivity contribution in [2.75, 3.05) is 25.6 Å².